The van der Waals surface area contributed by atoms with Crippen LogP contribution >= 0.6 is 0 Å². The molecule has 0 amide bonds. The van der Waals surface area contributed by atoms with Gasteiger partial charge in [0.25, 0.3) is 0 Å². The van der Waals surface area contributed by atoms with Gasteiger partial charge in [0, 0.05) is 11.3 Å². The van der Waals surface area contributed by atoms with Crippen LogP contribution in [0.1, 0.15) is 52.4 Å². The van der Waals surface area contributed by atoms with Gasteiger partial charge in [0.2, 0.25) is 5.78 Å². The van der Waals surface area contributed by atoms with Crippen molar-refractivity contribution in [3.05, 3.63) is 23.5 Å². The average Bonchev–Trinajstić information content (AvgIpc) is 3.27. The van der Waals surface area contributed by atoms with Gasteiger partial charge in [-0.3, -0.25) is 4.79 Å². The van der Waals surface area contributed by atoms with Crippen molar-refractivity contribution in [1.29, 1.82) is 0 Å². The van der Waals surface area contributed by atoms with Crippen molar-refractivity contribution in [2.75, 3.05) is 19.8 Å². The minimum atomic E-state index is -0.824. The Morgan fingerprint density at radius 2 is 1.86 bits per heavy atom. The van der Waals surface area contributed by atoms with Crippen molar-refractivity contribution in [3.8, 4) is 0 Å². The fourth-order valence-corrected chi connectivity index (χ4v) is 7.87. The minimum absolute atomic E-state index is 0.0720. The van der Waals surface area contributed by atoms with Crippen LogP contribution in [-0.2, 0) is 14.3 Å². The molecular weight excluding hydrogens is 356 g/mol. The van der Waals surface area contributed by atoms with E-state index < -0.39 is 5.79 Å². The van der Waals surface area contributed by atoms with Crippen LogP contribution in [-0.4, -0.2) is 41.6 Å². The first kappa shape index (κ1) is 18.8. The first-order valence-corrected chi connectivity index (χ1v) is 10.9. The number of aliphatic hydroxyl groups excluding tert-OH is 2. The van der Waals surface area contributed by atoms with Crippen LogP contribution in [0, 0.1) is 34.5 Å². The first-order valence-electron chi connectivity index (χ1n) is 10.9. The van der Waals surface area contributed by atoms with Gasteiger partial charge in [-0.1, -0.05) is 19.4 Å². The highest BCUT2D eigenvalue weighted by molar-refractivity contribution is 6.04. The molecule has 6 atom stereocenters. The standard InChI is InChI=1S/C23H32O5/c1-21-8-7-17-15(4-3-14-11-18(25)19(26)12-22(14,17)2)16(21)5-6-20(21)23(13-24)27-9-10-28-23/h11-12,15-17,20,24,26H,3-10,13H2,1-2H3/t15-,16-,17-,20-,21-,22-/m0/s1. The van der Waals surface area contributed by atoms with E-state index in [1.54, 1.807) is 6.08 Å². The Morgan fingerprint density at radius 3 is 2.57 bits per heavy atom. The summed E-state index contributed by atoms with van der Waals surface area (Å²) in [6.45, 7) is 5.66. The lowest BCUT2D eigenvalue weighted by molar-refractivity contribution is -0.244. The van der Waals surface area contributed by atoms with E-state index in [1.165, 1.54) is 5.57 Å². The Labute approximate surface area is 166 Å². The SMILES string of the molecule is C[C@]12CC[C@H]3[C@@H](CCC4=CC(=O)C(O)=C[C@@]43C)[C@@H]1CC[C@@H]2C1(CO)OCCO1. The number of carbonyl (C=O) groups is 1. The average molecular weight is 389 g/mol. The second-order valence-corrected chi connectivity index (χ2v) is 10.1. The fourth-order valence-electron chi connectivity index (χ4n) is 7.87. The quantitative estimate of drug-likeness (QED) is 0.757. The number of rotatable bonds is 2. The van der Waals surface area contributed by atoms with Crippen LogP contribution in [0.15, 0.2) is 23.5 Å². The molecule has 3 saturated carbocycles. The molecule has 154 valence electrons. The van der Waals surface area contributed by atoms with Crippen molar-refractivity contribution in [1.82, 2.24) is 0 Å². The smallest absolute Gasteiger partial charge is 0.219 e. The summed E-state index contributed by atoms with van der Waals surface area (Å²) in [6, 6.07) is 0. The molecule has 0 aromatic rings. The molecule has 1 aliphatic heterocycles. The van der Waals surface area contributed by atoms with Gasteiger partial charge in [0.1, 0.15) is 0 Å². The molecule has 5 nitrogen and oxygen atoms in total. The lowest BCUT2D eigenvalue weighted by Gasteiger charge is -2.58. The third-order valence-corrected chi connectivity index (χ3v) is 9.17. The van der Waals surface area contributed by atoms with Gasteiger partial charge in [-0.2, -0.15) is 0 Å². The molecule has 5 aliphatic rings. The lowest BCUT2D eigenvalue weighted by Crippen LogP contribution is -2.54. The zero-order valence-electron chi connectivity index (χ0n) is 16.9. The Hall–Kier alpha value is -1.17. The minimum Gasteiger partial charge on any atom is -0.504 e. The van der Waals surface area contributed by atoms with Gasteiger partial charge in [-0.15, -0.1) is 0 Å². The van der Waals surface area contributed by atoms with E-state index >= 15 is 0 Å². The number of fused-ring (bicyclic) bond motifs is 5. The molecule has 5 rings (SSSR count). The number of hydrogen-bond acceptors (Lipinski definition) is 5. The summed E-state index contributed by atoms with van der Waals surface area (Å²) >= 11 is 0. The molecule has 0 aromatic heterocycles. The Bertz CT molecular complexity index is 748. The van der Waals surface area contributed by atoms with Crippen molar-refractivity contribution in [2.24, 2.45) is 34.5 Å². The number of hydrogen-bond donors (Lipinski definition) is 2. The van der Waals surface area contributed by atoms with Crippen LogP contribution in [0.4, 0.5) is 0 Å². The van der Waals surface area contributed by atoms with Crippen molar-refractivity contribution in [2.45, 2.75) is 58.2 Å². The van der Waals surface area contributed by atoms with Gasteiger partial charge in [0.05, 0.1) is 19.8 Å². The van der Waals surface area contributed by atoms with E-state index in [9.17, 15) is 15.0 Å². The summed E-state index contributed by atoms with van der Waals surface area (Å²) < 4.78 is 12.0. The maximum atomic E-state index is 12.0. The van der Waals surface area contributed by atoms with Gasteiger partial charge in [0.15, 0.2) is 11.5 Å². The molecule has 5 heteroatoms. The number of aliphatic hydroxyl groups is 2. The Morgan fingerprint density at radius 1 is 1.11 bits per heavy atom. The summed E-state index contributed by atoms with van der Waals surface area (Å²) in [5.41, 5.74) is 1.08. The topological polar surface area (TPSA) is 76.0 Å². The number of carbonyl (C=O) groups excluding carboxylic acids is 1. The maximum Gasteiger partial charge on any atom is 0.219 e. The first-order chi connectivity index (χ1) is 13.3. The van der Waals surface area contributed by atoms with Crippen LogP contribution in [0.5, 0.6) is 0 Å². The van der Waals surface area contributed by atoms with Crippen molar-refractivity contribution in [3.63, 3.8) is 0 Å². The third-order valence-electron chi connectivity index (χ3n) is 9.17. The normalized spacial score (nSPS) is 47.0. The van der Waals surface area contributed by atoms with Crippen molar-refractivity contribution < 1.29 is 24.5 Å². The molecule has 4 aliphatic carbocycles. The molecule has 2 N–H and O–H groups in total. The molecule has 4 fully saturated rings. The summed E-state index contributed by atoms with van der Waals surface area (Å²) in [6.07, 6.45) is 9.89. The summed E-state index contributed by atoms with van der Waals surface area (Å²) in [5, 5.41) is 20.3. The van der Waals surface area contributed by atoms with Gasteiger partial charge in [-0.05, 0) is 73.8 Å². The molecule has 0 unspecified atom stereocenters. The molecule has 0 spiro atoms. The van der Waals surface area contributed by atoms with Crippen LogP contribution in [0.3, 0.4) is 0 Å². The number of allylic oxidation sites excluding steroid dienone is 3. The van der Waals surface area contributed by atoms with Gasteiger partial charge < -0.3 is 19.7 Å². The zero-order valence-corrected chi connectivity index (χ0v) is 16.9. The van der Waals surface area contributed by atoms with Gasteiger partial charge in [-0.25, -0.2) is 0 Å². The van der Waals surface area contributed by atoms with E-state index in [4.69, 9.17) is 9.47 Å². The molecule has 0 aromatic carbocycles. The third kappa shape index (κ3) is 2.33. The molecule has 28 heavy (non-hydrogen) atoms. The Kier molecular flexibility index (Phi) is 4.15. The highest BCUT2D eigenvalue weighted by atomic mass is 16.7. The molecule has 1 heterocycles. The van der Waals surface area contributed by atoms with E-state index in [2.05, 4.69) is 13.8 Å². The highest BCUT2D eigenvalue weighted by Crippen LogP contribution is 2.68. The van der Waals surface area contributed by atoms with Crippen LogP contribution in [0.25, 0.3) is 0 Å². The Balaban J connectivity index is 1.47. The van der Waals surface area contributed by atoms with Gasteiger partial charge >= 0.3 is 0 Å². The predicted octanol–water partition coefficient (Wildman–Crippen LogP) is 3.53. The summed E-state index contributed by atoms with van der Waals surface area (Å²) in [4.78, 5) is 12.0. The largest absolute Gasteiger partial charge is 0.504 e. The molecular formula is C23H32O5. The lowest BCUT2D eigenvalue weighted by atomic mass is 9.47. The number of ketones is 1. The number of ether oxygens (including phenoxy) is 2. The van der Waals surface area contributed by atoms with E-state index in [1.807, 2.05) is 6.08 Å². The van der Waals surface area contributed by atoms with E-state index in [0.29, 0.717) is 31.0 Å². The molecule has 0 bridgehead atoms. The zero-order chi connectivity index (χ0) is 19.7. The second kappa shape index (κ2) is 6.16. The van der Waals surface area contributed by atoms with E-state index in [-0.39, 0.29) is 34.9 Å². The van der Waals surface area contributed by atoms with E-state index in [0.717, 1.165) is 38.5 Å². The van der Waals surface area contributed by atoms with Crippen molar-refractivity contribution >= 4 is 5.78 Å². The second-order valence-electron chi connectivity index (χ2n) is 10.1. The fraction of sp³-hybridized carbons (Fsp3) is 0.783. The predicted molar refractivity (Wildman–Crippen MR) is 103 cm³/mol. The molecule has 0 radical (unpaired) electrons. The highest BCUT2D eigenvalue weighted by Gasteiger charge is 2.64. The molecule has 1 saturated heterocycles. The summed E-state index contributed by atoms with van der Waals surface area (Å²) in [5.74, 6) is 0.661. The monoisotopic (exact) mass is 388 g/mol. The van der Waals surface area contributed by atoms with Crippen LogP contribution < -0.4 is 0 Å². The maximum absolute atomic E-state index is 12.0. The summed E-state index contributed by atoms with van der Waals surface area (Å²) in [7, 11) is 0. The van der Waals surface area contributed by atoms with Crippen LogP contribution in [0.2, 0.25) is 0 Å².